The molecule has 0 amide bonds. The van der Waals surface area contributed by atoms with Gasteiger partial charge in [0.1, 0.15) is 5.75 Å². The van der Waals surface area contributed by atoms with Crippen LogP contribution in [0, 0.1) is 0 Å². The SMILES string of the molecule is CCCCN(C)c1ccc(O)cc1. The summed E-state index contributed by atoms with van der Waals surface area (Å²) in [6.45, 7) is 3.26. The maximum absolute atomic E-state index is 9.10. The van der Waals surface area contributed by atoms with Crippen LogP contribution in [-0.2, 0) is 0 Å². The van der Waals surface area contributed by atoms with E-state index in [0.717, 1.165) is 12.2 Å². The Labute approximate surface area is 79.8 Å². The molecular formula is C11H17NO. The minimum Gasteiger partial charge on any atom is -0.508 e. The number of phenols is 1. The number of nitrogens with zero attached hydrogens (tertiary/aromatic N) is 1. The monoisotopic (exact) mass is 179 g/mol. The van der Waals surface area contributed by atoms with E-state index >= 15 is 0 Å². The first-order chi connectivity index (χ1) is 6.24. The fourth-order valence-electron chi connectivity index (χ4n) is 1.23. The van der Waals surface area contributed by atoms with E-state index in [1.54, 1.807) is 12.1 Å². The molecule has 1 N–H and O–H groups in total. The second-order valence-electron chi connectivity index (χ2n) is 3.29. The van der Waals surface area contributed by atoms with Crippen LogP contribution >= 0.6 is 0 Å². The molecule has 0 unspecified atom stereocenters. The standard InChI is InChI=1S/C11H17NO/c1-3-4-9-12(2)10-5-7-11(13)8-6-10/h5-8,13H,3-4,9H2,1-2H3. The first kappa shape index (κ1) is 9.90. The molecule has 0 heterocycles. The Hall–Kier alpha value is -1.18. The quantitative estimate of drug-likeness (QED) is 0.768. The third kappa shape index (κ3) is 2.98. The van der Waals surface area contributed by atoms with E-state index in [0.29, 0.717) is 5.75 Å². The molecule has 0 spiro atoms. The number of aromatic hydroxyl groups is 1. The van der Waals surface area contributed by atoms with Crippen molar-refractivity contribution in [1.29, 1.82) is 0 Å². The first-order valence-electron chi connectivity index (χ1n) is 4.74. The lowest BCUT2D eigenvalue weighted by atomic mass is 10.2. The van der Waals surface area contributed by atoms with Crippen LogP contribution in [0.25, 0.3) is 0 Å². The molecular weight excluding hydrogens is 162 g/mol. The highest BCUT2D eigenvalue weighted by Gasteiger charge is 1.98. The lowest BCUT2D eigenvalue weighted by molar-refractivity contribution is 0.475. The molecule has 0 radical (unpaired) electrons. The Morgan fingerprint density at radius 2 is 1.85 bits per heavy atom. The molecule has 0 atom stereocenters. The number of anilines is 1. The van der Waals surface area contributed by atoms with Gasteiger partial charge in [-0.2, -0.15) is 0 Å². The zero-order valence-electron chi connectivity index (χ0n) is 8.33. The van der Waals surface area contributed by atoms with Crippen molar-refractivity contribution in [3.05, 3.63) is 24.3 Å². The molecule has 72 valence electrons. The first-order valence-corrected chi connectivity index (χ1v) is 4.74. The molecule has 0 aliphatic carbocycles. The zero-order valence-corrected chi connectivity index (χ0v) is 8.33. The normalized spacial score (nSPS) is 10.0. The van der Waals surface area contributed by atoms with E-state index in [1.165, 1.54) is 12.8 Å². The minimum absolute atomic E-state index is 0.327. The van der Waals surface area contributed by atoms with E-state index in [2.05, 4.69) is 18.9 Å². The van der Waals surface area contributed by atoms with Crippen LogP contribution < -0.4 is 4.90 Å². The van der Waals surface area contributed by atoms with Crippen molar-refractivity contribution >= 4 is 5.69 Å². The molecule has 13 heavy (non-hydrogen) atoms. The number of hydrogen-bond acceptors (Lipinski definition) is 2. The molecule has 0 saturated heterocycles. The van der Waals surface area contributed by atoms with E-state index in [4.69, 9.17) is 5.11 Å². The lowest BCUT2D eigenvalue weighted by Gasteiger charge is -2.18. The third-order valence-electron chi connectivity index (χ3n) is 2.14. The Morgan fingerprint density at radius 1 is 1.23 bits per heavy atom. The van der Waals surface area contributed by atoms with E-state index < -0.39 is 0 Å². The molecule has 0 saturated carbocycles. The van der Waals surface area contributed by atoms with E-state index in [9.17, 15) is 0 Å². The number of unbranched alkanes of at least 4 members (excludes halogenated alkanes) is 1. The van der Waals surface area contributed by atoms with Crippen molar-refractivity contribution in [2.75, 3.05) is 18.5 Å². The summed E-state index contributed by atoms with van der Waals surface area (Å²) in [4.78, 5) is 2.20. The Bertz CT molecular complexity index is 243. The van der Waals surface area contributed by atoms with Crippen LogP contribution in [0.3, 0.4) is 0 Å². The average molecular weight is 179 g/mol. The summed E-state index contributed by atoms with van der Waals surface area (Å²) in [5.41, 5.74) is 1.16. The summed E-state index contributed by atoms with van der Waals surface area (Å²) >= 11 is 0. The van der Waals surface area contributed by atoms with Crippen LogP contribution in [0.1, 0.15) is 19.8 Å². The fourth-order valence-corrected chi connectivity index (χ4v) is 1.23. The average Bonchev–Trinajstić information content (AvgIpc) is 2.15. The van der Waals surface area contributed by atoms with Crippen molar-refractivity contribution in [3.8, 4) is 5.75 Å². The van der Waals surface area contributed by atoms with Gasteiger partial charge in [-0.05, 0) is 30.7 Å². The fraction of sp³-hybridized carbons (Fsp3) is 0.455. The van der Waals surface area contributed by atoms with Gasteiger partial charge in [-0.3, -0.25) is 0 Å². The number of hydrogen-bond donors (Lipinski definition) is 1. The predicted octanol–water partition coefficient (Wildman–Crippen LogP) is 2.63. The van der Waals surface area contributed by atoms with Crippen LogP contribution in [0.15, 0.2) is 24.3 Å². The van der Waals surface area contributed by atoms with Crippen molar-refractivity contribution in [2.45, 2.75) is 19.8 Å². The Morgan fingerprint density at radius 3 is 2.38 bits per heavy atom. The smallest absolute Gasteiger partial charge is 0.115 e. The zero-order chi connectivity index (χ0) is 9.68. The molecule has 1 aromatic rings. The van der Waals surface area contributed by atoms with Gasteiger partial charge in [0.2, 0.25) is 0 Å². The molecule has 2 nitrogen and oxygen atoms in total. The van der Waals surface area contributed by atoms with Gasteiger partial charge in [0.15, 0.2) is 0 Å². The number of rotatable bonds is 4. The molecule has 1 aromatic carbocycles. The van der Waals surface area contributed by atoms with Crippen molar-refractivity contribution in [1.82, 2.24) is 0 Å². The van der Waals surface area contributed by atoms with Crippen LogP contribution in [0.4, 0.5) is 5.69 Å². The maximum Gasteiger partial charge on any atom is 0.115 e. The maximum atomic E-state index is 9.10. The van der Waals surface area contributed by atoms with Gasteiger partial charge >= 0.3 is 0 Å². The lowest BCUT2D eigenvalue weighted by Crippen LogP contribution is -2.17. The summed E-state index contributed by atoms with van der Waals surface area (Å²) in [6, 6.07) is 7.31. The Balaban J connectivity index is 2.55. The van der Waals surface area contributed by atoms with Gasteiger partial charge in [0, 0.05) is 19.3 Å². The minimum atomic E-state index is 0.327. The second kappa shape index (κ2) is 4.75. The van der Waals surface area contributed by atoms with Crippen LogP contribution in [0.2, 0.25) is 0 Å². The highest BCUT2D eigenvalue weighted by atomic mass is 16.3. The molecule has 1 rings (SSSR count). The number of phenolic OH excluding ortho intramolecular Hbond substituents is 1. The van der Waals surface area contributed by atoms with Gasteiger partial charge in [-0.1, -0.05) is 13.3 Å². The van der Waals surface area contributed by atoms with Gasteiger partial charge in [-0.25, -0.2) is 0 Å². The third-order valence-corrected chi connectivity index (χ3v) is 2.14. The predicted molar refractivity (Wildman–Crippen MR) is 56.3 cm³/mol. The van der Waals surface area contributed by atoms with Crippen molar-refractivity contribution in [3.63, 3.8) is 0 Å². The van der Waals surface area contributed by atoms with Gasteiger partial charge < -0.3 is 10.0 Å². The number of benzene rings is 1. The highest BCUT2D eigenvalue weighted by Crippen LogP contribution is 2.17. The molecule has 0 aliphatic heterocycles. The van der Waals surface area contributed by atoms with Crippen molar-refractivity contribution < 1.29 is 5.11 Å². The van der Waals surface area contributed by atoms with Gasteiger partial charge in [0.25, 0.3) is 0 Å². The van der Waals surface area contributed by atoms with E-state index in [-0.39, 0.29) is 0 Å². The summed E-state index contributed by atoms with van der Waals surface area (Å²) < 4.78 is 0. The van der Waals surface area contributed by atoms with Gasteiger partial charge in [-0.15, -0.1) is 0 Å². The molecule has 2 heteroatoms. The summed E-state index contributed by atoms with van der Waals surface area (Å²) in [7, 11) is 2.07. The van der Waals surface area contributed by atoms with Crippen LogP contribution in [0.5, 0.6) is 5.75 Å². The van der Waals surface area contributed by atoms with Crippen LogP contribution in [-0.4, -0.2) is 18.7 Å². The van der Waals surface area contributed by atoms with E-state index in [1.807, 2.05) is 12.1 Å². The largest absolute Gasteiger partial charge is 0.508 e. The molecule has 0 fully saturated rings. The Kier molecular flexibility index (Phi) is 3.62. The highest BCUT2D eigenvalue weighted by molar-refractivity contribution is 5.47. The topological polar surface area (TPSA) is 23.5 Å². The second-order valence-corrected chi connectivity index (χ2v) is 3.29. The molecule has 0 bridgehead atoms. The van der Waals surface area contributed by atoms with Crippen molar-refractivity contribution in [2.24, 2.45) is 0 Å². The summed E-state index contributed by atoms with van der Waals surface area (Å²) in [5, 5.41) is 9.10. The van der Waals surface area contributed by atoms with Gasteiger partial charge in [0.05, 0.1) is 0 Å². The summed E-state index contributed by atoms with van der Waals surface area (Å²) in [5.74, 6) is 0.327. The molecule has 0 aromatic heterocycles. The summed E-state index contributed by atoms with van der Waals surface area (Å²) in [6.07, 6.45) is 2.42. The molecule has 0 aliphatic rings.